The van der Waals surface area contributed by atoms with E-state index in [4.69, 9.17) is 53.3 Å². The molecule has 0 N–H and O–H groups in total. The molecule has 6 heteroatoms. The Hall–Kier alpha value is 1.98. The first-order chi connectivity index (χ1) is 3.15. The van der Waals surface area contributed by atoms with Gasteiger partial charge in [0.1, 0.15) is 0 Å². The normalized spacial score (nSPS) is 6.43. The number of hydrogen-bond acceptors (Lipinski definition) is 0. The molecule has 0 atom stereocenters. The average Bonchev–Trinajstić information content (AvgIpc) is 1.33. The molecule has 0 aromatic carbocycles. The van der Waals surface area contributed by atoms with Gasteiger partial charge in [0.15, 0.2) is 0 Å². The van der Waals surface area contributed by atoms with E-state index >= 15 is 0 Å². The predicted octanol–water partition coefficient (Wildman–Crippen LogP) is 3.11. The van der Waals surface area contributed by atoms with Gasteiger partial charge in [-0.15, -0.1) is 23.2 Å². The SMILES string of the molecule is ClCCl.[Cl][Al]([Cl])[Cl]. The zero-order valence-electron chi connectivity index (χ0n) is 3.17. The molecule has 0 fully saturated rings. The van der Waals surface area contributed by atoms with E-state index in [-0.39, 0.29) is 5.34 Å². The summed E-state index contributed by atoms with van der Waals surface area (Å²) in [4.78, 5) is 0. The quantitative estimate of drug-likeness (QED) is 0.433. The van der Waals surface area contributed by atoms with Crippen molar-refractivity contribution in [3.8, 4) is 0 Å². The Kier molecular flexibility index (Phi) is 18.2. The molecule has 0 aliphatic heterocycles. The summed E-state index contributed by atoms with van der Waals surface area (Å²) < 4.78 is 0. The third kappa shape index (κ3) is 72.7. The highest BCUT2D eigenvalue weighted by Crippen LogP contribution is 1.97. The molecule has 0 bridgehead atoms. The summed E-state index contributed by atoms with van der Waals surface area (Å²) in [6, 6.07) is 0. The molecule has 0 saturated heterocycles. The van der Waals surface area contributed by atoms with Crippen LogP contribution in [0.1, 0.15) is 0 Å². The maximum atomic E-state index is 4.94. The Morgan fingerprint density at radius 1 is 1.00 bits per heavy atom. The number of halogens is 5. The second-order valence-corrected chi connectivity index (χ2v) is 7.59. The van der Waals surface area contributed by atoms with Gasteiger partial charge in [-0.2, -0.15) is 0 Å². The lowest BCUT2D eigenvalue weighted by Gasteiger charge is -1.57. The molecule has 0 rings (SSSR count). The van der Waals surface area contributed by atoms with Gasteiger partial charge in [-0.1, -0.05) is 0 Å². The monoisotopic (exact) mass is 216 g/mol. The molecule has 0 unspecified atom stereocenters. The molecule has 0 aliphatic rings. The molecule has 0 nitrogen and oxygen atoms in total. The van der Waals surface area contributed by atoms with E-state index in [2.05, 4.69) is 0 Å². The first-order valence-corrected chi connectivity index (χ1v) is 7.50. The third-order valence-electron chi connectivity index (χ3n) is 0. The molecule has 0 saturated carbocycles. The van der Waals surface area contributed by atoms with Crippen molar-refractivity contribution in [1.29, 1.82) is 0 Å². The van der Waals surface area contributed by atoms with Gasteiger partial charge >= 0.3 is 11.4 Å². The Bertz CT molecular complexity index is 19.3. The third-order valence-corrected chi connectivity index (χ3v) is 0. The first kappa shape index (κ1) is 11.7. The zero-order chi connectivity index (χ0) is 6.28. The first-order valence-electron chi connectivity index (χ1n) is 1.19. The van der Waals surface area contributed by atoms with Crippen LogP contribution in [0.25, 0.3) is 0 Å². The van der Waals surface area contributed by atoms with Gasteiger partial charge in [0.2, 0.25) is 0 Å². The summed E-state index contributed by atoms with van der Waals surface area (Å²) >= 11 is 7.81. The van der Waals surface area contributed by atoms with Crippen molar-refractivity contribution in [2.45, 2.75) is 0 Å². The highest BCUT2D eigenvalue weighted by atomic mass is 35.8. The lowest BCUT2D eigenvalue weighted by molar-refractivity contribution is 2.20. The fraction of sp³-hybridized carbons (Fsp3) is 1.00. The van der Waals surface area contributed by atoms with Crippen LogP contribution >= 0.6 is 53.3 Å². The second-order valence-electron chi connectivity index (χ2n) is 0.348. The zero-order valence-corrected chi connectivity index (χ0v) is 8.11. The molecular weight excluding hydrogens is 216 g/mol. The standard InChI is InChI=1S/CH2Cl2.Al.3ClH/c2-1-3;;;;/h1H2;;3*1H/q;+3;;;/p-3. The van der Waals surface area contributed by atoms with Crippen LogP contribution in [-0.2, 0) is 0 Å². The molecule has 0 aromatic rings. The van der Waals surface area contributed by atoms with Crippen molar-refractivity contribution in [3.63, 3.8) is 0 Å². The molecule has 0 aromatic heterocycles. The Labute approximate surface area is 69.6 Å². The van der Waals surface area contributed by atoms with Gasteiger partial charge in [-0.05, 0) is 0 Å². The van der Waals surface area contributed by atoms with Crippen LogP contribution in [0.3, 0.4) is 0 Å². The van der Waals surface area contributed by atoms with Crippen LogP contribution in [-0.4, -0.2) is 16.7 Å². The molecule has 7 heavy (non-hydrogen) atoms. The second kappa shape index (κ2) is 10.9. The molecule has 0 spiro atoms. The molecule has 0 amide bonds. The number of rotatable bonds is 0. The highest BCUT2D eigenvalue weighted by molar-refractivity contribution is 7.54. The molecular formula is CH2AlCl5. The average molecular weight is 218 g/mol. The summed E-state index contributed by atoms with van der Waals surface area (Å²) in [6.07, 6.45) is 0. The van der Waals surface area contributed by atoms with Gasteiger partial charge in [-0.3, -0.25) is 0 Å². The van der Waals surface area contributed by atoms with Gasteiger partial charge in [0.25, 0.3) is 0 Å². The topological polar surface area (TPSA) is 0 Å². The summed E-state index contributed by atoms with van der Waals surface area (Å²) in [7, 11) is 14.8. The van der Waals surface area contributed by atoms with Crippen LogP contribution in [0.15, 0.2) is 0 Å². The highest BCUT2D eigenvalue weighted by Gasteiger charge is 2.00. The minimum Gasteiger partial charge on any atom is -0.214 e. The van der Waals surface area contributed by atoms with Crippen LogP contribution in [0.2, 0.25) is 0 Å². The summed E-state index contributed by atoms with van der Waals surface area (Å²) in [6.45, 7) is 0. The van der Waals surface area contributed by atoms with E-state index in [1.807, 2.05) is 0 Å². The summed E-state index contributed by atoms with van der Waals surface area (Å²) in [5, 5.41) is 0.194. The largest absolute Gasteiger partial charge is 0.643 e. The van der Waals surface area contributed by atoms with Crippen molar-refractivity contribution in [2.24, 2.45) is 0 Å². The van der Waals surface area contributed by atoms with Gasteiger partial charge in [-0.25, -0.2) is 30.1 Å². The summed E-state index contributed by atoms with van der Waals surface area (Å²) in [5.74, 6) is 0. The smallest absolute Gasteiger partial charge is 0.214 e. The molecule has 0 aliphatic carbocycles. The minimum absolute atomic E-state index is 0.194. The number of hydrogen-bond donors (Lipinski definition) is 0. The van der Waals surface area contributed by atoms with Gasteiger partial charge < -0.3 is 0 Å². The Morgan fingerprint density at radius 3 is 1.00 bits per heavy atom. The van der Waals surface area contributed by atoms with E-state index in [1.54, 1.807) is 0 Å². The molecule has 0 radical (unpaired) electrons. The fourth-order valence-corrected chi connectivity index (χ4v) is 0. The van der Waals surface area contributed by atoms with Crippen LogP contribution in [0.5, 0.6) is 0 Å². The van der Waals surface area contributed by atoms with Crippen molar-refractivity contribution in [2.75, 3.05) is 5.34 Å². The van der Waals surface area contributed by atoms with Crippen LogP contribution in [0.4, 0.5) is 0 Å². The summed E-state index contributed by atoms with van der Waals surface area (Å²) in [5.41, 5.74) is 0. The Balaban J connectivity index is 0. The van der Waals surface area contributed by atoms with Gasteiger partial charge in [0, 0.05) is 0 Å². The van der Waals surface area contributed by atoms with Crippen LogP contribution < -0.4 is 0 Å². The van der Waals surface area contributed by atoms with E-state index in [0.717, 1.165) is 0 Å². The van der Waals surface area contributed by atoms with E-state index in [1.165, 1.54) is 0 Å². The maximum Gasteiger partial charge on any atom is 0.643 e. The lowest BCUT2D eigenvalue weighted by Crippen LogP contribution is -1.66. The minimum atomic E-state index is -1.72. The fourth-order valence-electron chi connectivity index (χ4n) is 0. The van der Waals surface area contributed by atoms with Crippen molar-refractivity contribution < 1.29 is 0 Å². The van der Waals surface area contributed by atoms with Crippen molar-refractivity contribution >= 4 is 64.7 Å². The van der Waals surface area contributed by atoms with Crippen LogP contribution in [0, 0.1) is 0 Å². The molecule has 0 heterocycles. The molecule has 44 valence electrons. The van der Waals surface area contributed by atoms with Crippen molar-refractivity contribution in [3.05, 3.63) is 0 Å². The Morgan fingerprint density at radius 2 is 1.00 bits per heavy atom. The van der Waals surface area contributed by atoms with E-state index < -0.39 is 11.4 Å². The van der Waals surface area contributed by atoms with E-state index in [0.29, 0.717) is 0 Å². The number of alkyl halides is 2. The van der Waals surface area contributed by atoms with E-state index in [9.17, 15) is 0 Å². The predicted molar refractivity (Wildman–Crippen MR) is 39.9 cm³/mol. The van der Waals surface area contributed by atoms with Crippen molar-refractivity contribution in [1.82, 2.24) is 0 Å². The van der Waals surface area contributed by atoms with Gasteiger partial charge in [0.05, 0.1) is 5.34 Å². The maximum absolute atomic E-state index is 4.94. The lowest BCUT2D eigenvalue weighted by atomic mass is 11.9.